The fourth-order valence-electron chi connectivity index (χ4n) is 6.17. The van der Waals surface area contributed by atoms with E-state index in [0.29, 0.717) is 0 Å². The number of carboxylic acid groups (broad SMARTS) is 1. The predicted molar refractivity (Wildman–Crippen MR) is 248 cm³/mol. The van der Waals surface area contributed by atoms with Gasteiger partial charge >= 0.3 is 5.97 Å². The Bertz CT molecular complexity index is 1510. The lowest BCUT2D eigenvalue weighted by molar-refractivity contribution is -0.146. The zero-order valence-corrected chi connectivity index (χ0v) is 43.8. The van der Waals surface area contributed by atoms with Crippen LogP contribution in [0.3, 0.4) is 0 Å². The Hall–Kier alpha value is -1.22. The molecule has 0 saturated carbocycles. The standard InChI is InChI=1S/C45H85NO6SSi3/c1-31(26-27-37(50-54(17,18)42(6,7)8)33(3)28-36-30-53-35(5)46-36)24-23-25-32(2)40(52-56(21,22)44(12,13)14)34(4)41(49)45(15,16)38(29-39(47)48)51-55(19,20)43(9,10)11/h26,28,30,32,34,37-38,40H,23-25,27,29H2,1-22H3,(H,47,48)/b31-26+,33-28+/t32-,34+,37+,38?,40-/m0/s1. The molecule has 0 spiro atoms. The maximum absolute atomic E-state index is 14.7. The number of hydrogen-bond acceptors (Lipinski definition) is 7. The molecule has 0 aliphatic rings. The first kappa shape index (κ1) is 52.8. The summed E-state index contributed by atoms with van der Waals surface area (Å²) in [5.41, 5.74) is 2.51. The topological polar surface area (TPSA) is 95.0 Å². The average molecular weight is 853 g/mol. The minimum Gasteiger partial charge on any atom is -0.481 e. The number of nitrogens with zero attached hydrogens (tertiary/aromatic N) is 1. The van der Waals surface area contributed by atoms with Crippen LogP contribution >= 0.6 is 11.3 Å². The molecule has 0 amide bonds. The van der Waals surface area contributed by atoms with Gasteiger partial charge in [0.1, 0.15) is 5.78 Å². The van der Waals surface area contributed by atoms with Gasteiger partial charge in [0.05, 0.1) is 35.4 Å². The van der Waals surface area contributed by atoms with E-state index in [2.05, 4.69) is 145 Å². The fourth-order valence-corrected chi connectivity index (χ4v) is 11.0. The summed E-state index contributed by atoms with van der Waals surface area (Å²) in [6, 6.07) is 0. The second-order valence-corrected chi connectivity index (χ2v) is 37.2. The van der Waals surface area contributed by atoms with E-state index in [-0.39, 0.29) is 45.4 Å². The van der Waals surface area contributed by atoms with E-state index < -0.39 is 48.4 Å². The van der Waals surface area contributed by atoms with Crippen LogP contribution in [0.25, 0.3) is 6.08 Å². The summed E-state index contributed by atoms with van der Waals surface area (Å²) in [6.07, 6.45) is 6.92. The lowest BCUT2D eigenvalue weighted by Crippen LogP contribution is -2.54. The van der Waals surface area contributed by atoms with Crippen molar-refractivity contribution in [1.82, 2.24) is 4.98 Å². The van der Waals surface area contributed by atoms with Crippen LogP contribution in [0.5, 0.6) is 0 Å². The molecule has 1 aromatic heterocycles. The molecule has 1 aromatic rings. The number of aryl methyl sites for hydroxylation is 1. The summed E-state index contributed by atoms with van der Waals surface area (Å²) < 4.78 is 20.9. The monoisotopic (exact) mass is 852 g/mol. The molecule has 0 bridgehead atoms. The molecule has 324 valence electrons. The normalized spacial score (nSPS) is 17.4. The van der Waals surface area contributed by atoms with Crippen molar-refractivity contribution in [2.75, 3.05) is 0 Å². The molecule has 56 heavy (non-hydrogen) atoms. The summed E-state index contributed by atoms with van der Waals surface area (Å²) in [4.78, 5) is 31.6. The third-order valence-corrected chi connectivity index (χ3v) is 27.7. The molecule has 1 unspecified atom stereocenters. The van der Waals surface area contributed by atoms with Crippen molar-refractivity contribution in [1.29, 1.82) is 0 Å². The van der Waals surface area contributed by atoms with Gasteiger partial charge in [-0.3, -0.25) is 9.59 Å². The number of hydrogen-bond donors (Lipinski definition) is 1. The lowest BCUT2D eigenvalue weighted by Gasteiger charge is -2.46. The van der Waals surface area contributed by atoms with Gasteiger partial charge < -0.3 is 18.4 Å². The quantitative estimate of drug-likeness (QED) is 0.0972. The summed E-state index contributed by atoms with van der Waals surface area (Å²) in [6.45, 7) is 47.8. The number of Topliss-reactive ketones (excluding diaryl/α,β-unsaturated/α-hetero) is 1. The Balaban J connectivity index is 3.37. The van der Waals surface area contributed by atoms with Gasteiger partial charge in [-0.25, -0.2) is 4.98 Å². The molecule has 0 radical (unpaired) electrons. The Labute approximate surface area is 351 Å². The number of aromatic nitrogens is 1. The smallest absolute Gasteiger partial charge is 0.305 e. The lowest BCUT2D eigenvalue weighted by atomic mass is 9.73. The van der Waals surface area contributed by atoms with Gasteiger partial charge in [0.15, 0.2) is 25.0 Å². The highest BCUT2D eigenvalue weighted by Gasteiger charge is 2.50. The van der Waals surface area contributed by atoms with Crippen LogP contribution in [-0.2, 0) is 22.9 Å². The van der Waals surface area contributed by atoms with Crippen LogP contribution < -0.4 is 0 Å². The number of aliphatic carboxylic acids is 1. The number of thiazole rings is 1. The highest BCUT2D eigenvalue weighted by molar-refractivity contribution is 7.09. The van der Waals surface area contributed by atoms with Gasteiger partial charge in [-0.05, 0) is 118 Å². The second-order valence-electron chi connectivity index (χ2n) is 21.9. The molecule has 1 rings (SSSR count). The molecule has 0 fully saturated rings. The fraction of sp³-hybridized carbons (Fsp3) is 0.800. The van der Waals surface area contributed by atoms with Crippen molar-refractivity contribution in [2.45, 2.75) is 216 Å². The minimum atomic E-state index is -2.38. The molecule has 5 atom stereocenters. The van der Waals surface area contributed by atoms with Gasteiger partial charge in [0, 0.05) is 16.7 Å². The zero-order valence-electron chi connectivity index (χ0n) is 40.0. The van der Waals surface area contributed by atoms with Crippen molar-refractivity contribution < 1.29 is 28.0 Å². The van der Waals surface area contributed by atoms with Crippen LogP contribution in [0.4, 0.5) is 0 Å². The van der Waals surface area contributed by atoms with Crippen LogP contribution in [-0.4, -0.2) is 65.1 Å². The van der Waals surface area contributed by atoms with E-state index in [1.807, 2.05) is 27.7 Å². The molecule has 0 aromatic carbocycles. The Morgan fingerprint density at radius 1 is 0.821 bits per heavy atom. The van der Waals surface area contributed by atoms with Crippen LogP contribution in [0.2, 0.25) is 54.4 Å². The van der Waals surface area contributed by atoms with Gasteiger partial charge in [-0.1, -0.05) is 102 Å². The Morgan fingerprint density at radius 3 is 1.75 bits per heavy atom. The molecule has 1 N–H and O–H groups in total. The molecule has 0 aliphatic heterocycles. The van der Waals surface area contributed by atoms with Crippen LogP contribution in [0.1, 0.15) is 147 Å². The predicted octanol–water partition coefficient (Wildman–Crippen LogP) is 13.9. The van der Waals surface area contributed by atoms with E-state index in [4.69, 9.17) is 13.3 Å². The molecular formula is C45H85NO6SSi3. The molecule has 7 nitrogen and oxygen atoms in total. The molecule has 11 heteroatoms. The van der Waals surface area contributed by atoms with Crippen molar-refractivity contribution in [3.05, 3.63) is 33.3 Å². The largest absolute Gasteiger partial charge is 0.481 e. The highest BCUT2D eigenvalue weighted by Crippen LogP contribution is 2.44. The summed E-state index contributed by atoms with van der Waals surface area (Å²) in [5.74, 6) is -1.26. The van der Waals surface area contributed by atoms with E-state index in [1.54, 1.807) is 11.3 Å². The first-order chi connectivity index (χ1) is 25.0. The Morgan fingerprint density at radius 2 is 1.30 bits per heavy atom. The maximum atomic E-state index is 14.7. The third-order valence-electron chi connectivity index (χ3n) is 13.4. The molecule has 0 aliphatic carbocycles. The number of ketones is 1. The van der Waals surface area contributed by atoms with E-state index in [1.165, 1.54) is 11.1 Å². The number of carboxylic acids is 1. The van der Waals surface area contributed by atoms with Crippen molar-refractivity contribution in [3.63, 3.8) is 0 Å². The molecule has 0 saturated heterocycles. The summed E-state index contributed by atoms with van der Waals surface area (Å²) in [7, 11) is -6.69. The van der Waals surface area contributed by atoms with Crippen LogP contribution in [0.15, 0.2) is 22.6 Å². The third kappa shape index (κ3) is 15.1. The van der Waals surface area contributed by atoms with Gasteiger partial charge in [0.25, 0.3) is 0 Å². The van der Waals surface area contributed by atoms with E-state index >= 15 is 0 Å². The molecular weight excluding hydrogens is 767 g/mol. The van der Waals surface area contributed by atoms with E-state index in [0.717, 1.165) is 36.4 Å². The first-order valence-corrected chi connectivity index (χ1v) is 30.6. The van der Waals surface area contributed by atoms with Crippen molar-refractivity contribution in [3.8, 4) is 0 Å². The first-order valence-electron chi connectivity index (χ1n) is 21.0. The minimum absolute atomic E-state index is 0.0121. The van der Waals surface area contributed by atoms with Gasteiger partial charge in [-0.2, -0.15) is 0 Å². The maximum Gasteiger partial charge on any atom is 0.305 e. The second kappa shape index (κ2) is 19.9. The number of rotatable bonds is 21. The Kier molecular flexibility index (Phi) is 18.8. The van der Waals surface area contributed by atoms with Crippen molar-refractivity contribution >= 4 is 54.1 Å². The molecule has 1 heterocycles. The average Bonchev–Trinajstić information content (AvgIpc) is 3.42. The highest BCUT2D eigenvalue weighted by atomic mass is 32.1. The summed E-state index contributed by atoms with van der Waals surface area (Å²) in [5, 5.41) is 13.1. The van der Waals surface area contributed by atoms with Gasteiger partial charge in [0.2, 0.25) is 0 Å². The summed E-state index contributed by atoms with van der Waals surface area (Å²) >= 11 is 1.67. The SMILES string of the molecule is C/C(=C\C[C@@H](O[Si](C)(C)C(C)(C)C)/C(C)=C/c1csc(C)n1)CCC[C@H](C)[C@H](O[Si](C)(C)C(C)(C)C)[C@@H](C)C(=O)C(C)(C)C(CC(=O)O)O[Si](C)(C)C(C)(C)C. The number of carbonyl (C=O) groups is 2. The number of allylic oxidation sites excluding steroid dienone is 1. The number of carbonyl (C=O) groups excluding carboxylic acids is 1. The van der Waals surface area contributed by atoms with Gasteiger partial charge in [-0.15, -0.1) is 11.3 Å². The van der Waals surface area contributed by atoms with Crippen LogP contribution in [0, 0.1) is 24.2 Å². The van der Waals surface area contributed by atoms with Crippen molar-refractivity contribution in [2.24, 2.45) is 17.3 Å². The zero-order chi connectivity index (χ0) is 44.0. The van der Waals surface area contributed by atoms with E-state index in [9.17, 15) is 14.7 Å².